The highest BCUT2D eigenvalue weighted by Crippen LogP contribution is 2.39. The van der Waals surface area contributed by atoms with Gasteiger partial charge in [0.05, 0.1) is 12.5 Å². The van der Waals surface area contributed by atoms with Crippen LogP contribution in [0.2, 0.25) is 5.02 Å². The monoisotopic (exact) mass is 343 g/mol. The van der Waals surface area contributed by atoms with Gasteiger partial charge in [-0.15, -0.1) is 0 Å². The van der Waals surface area contributed by atoms with Crippen LogP contribution in [0.15, 0.2) is 42.5 Å². The van der Waals surface area contributed by atoms with Crippen molar-refractivity contribution in [3.05, 3.63) is 64.2 Å². The maximum Gasteiger partial charge on any atom is 0.224 e. The summed E-state index contributed by atoms with van der Waals surface area (Å²) in [5.74, 6) is 0.870. The number of hydrogen-bond donors (Lipinski definition) is 1. The first-order valence-corrected chi connectivity index (χ1v) is 8.53. The average Bonchev–Trinajstić information content (AvgIpc) is 2.48. The van der Waals surface area contributed by atoms with E-state index in [1.54, 1.807) is 12.1 Å². The van der Waals surface area contributed by atoms with Crippen molar-refractivity contribution in [1.29, 1.82) is 0 Å². The van der Waals surface area contributed by atoms with E-state index >= 15 is 0 Å². The van der Waals surface area contributed by atoms with E-state index in [0.29, 0.717) is 11.4 Å². The van der Waals surface area contributed by atoms with E-state index in [9.17, 15) is 4.79 Å². The molecule has 0 aliphatic carbocycles. The van der Waals surface area contributed by atoms with Gasteiger partial charge in [-0.1, -0.05) is 35.9 Å². The number of carbonyl (C=O) groups excluding carboxylic acids is 1. The second-order valence-electron chi connectivity index (χ2n) is 7.03. The summed E-state index contributed by atoms with van der Waals surface area (Å²) in [6.07, 6.45) is 1.09. The summed E-state index contributed by atoms with van der Waals surface area (Å²) in [7, 11) is 0. The van der Waals surface area contributed by atoms with Gasteiger partial charge in [-0.25, -0.2) is 0 Å². The minimum Gasteiger partial charge on any atom is -0.487 e. The summed E-state index contributed by atoms with van der Waals surface area (Å²) in [6.45, 7) is 6.15. The van der Waals surface area contributed by atoms with Gasteiger partial charge in [0.1, 0.15) is 11.4 Å². The number of fused-ring (bicyclic) bond motifs is 1. The lowest BCUT2D eigenvalue weighted by atomic mass is 9.89. The van der Waals surface area contributed by atoms with Gasteiger partial charge in [0, 0.05) is 17.0 Å². The standard InChI is InChI=1S/C20H22ClNO2/c1-13-4-9-16-17(12-20(2,3)24-18(16)10-13)22-19(23)11-14-5-7-15(21)8-6-14/h4-10,17H,11-12H2,1-3H3,(H,22,23). The van der Waals surface area contributed by atoms with Crippen LogP contribution in [0, 0.1) is 6.92 Å². The summed E-state index contributed by atoms with van der Waals surface area (Å²) in [6, 6.07) is 13.5. The zero-order chi connectivity index (χ0) is 17.3. The minimum absolute atomic E-state index is 0.00606. The Morgan fingerprint density at radius 1 is 1.25 bits per heavy atom. The molecule has 0 bridgehead atoms. The van der Waals surface area contributed by atoms with Crippen LogP contribution in [0.25, 0.3) is 0 Å². The van der Waals surface area contributed by atoms with Gasteiger partial charge >= 0.3 is 0 Å². The first-order valence-electron chi connectivity index (χ1n) is 8.16. The van der Waals surface area contributed by atoms with E-state index in [2.05, 4.69) is 25.2 Å². The van der Waals surface area contributed by atoms with Gasteiger partial charge < -0.3 is 10.1 Å². The zero-order valence-corrected chi connectivity index (χ0v) is 15.0. The number of rotatable bonds is 3. The van der Waals surface area contributed by atoms with E-state index in [1.807, 2.05) is 31.2 Å². The highest BCUT2D eigenvalue weighted by Gasteiger charge is 2.34. The lowest BCUT2D eigenvalue weighted by molar-refractivity contribution is -0.121. The molecule has 0 spiro atoms. The molecule has 0 radical (unpaired) electrons. The molecule has 1 amide bonds. The Balaban J connectivity index is 1.76. The second kappa shape index (κ2) is 6.48. The molecule has 3 rings (SSSR count). The van der Waals surface area contributed by atoms with Crippen molar-refractivity contribution in [2.75, 3.05) is 0 Å². The molecule has 3 nitrogen and oxygen atoms in total. The lowest BCUT2D eigenvalue weighted by Crippen LogP contribution is -2.41. The number of carbonyl (C=O) groups is 1. The molecule has 126 valence electrons. The van der Waals surface area contributed by atoms with Crippen molar-refractivity contribution in [1.82, 2.24) is 5.32 Å². The fourth-order valence-corrected chi connectivity index (χ4v) is 3.25. The summed E-state index contributed by atoms with van der Waals surface area (Å²) in [5.41, 5.74) is 2.84. The van der Waals surface area contributed by atoms with Crippen LogP contribution in [0.5, 0.6) is 5.75 Å². The van der Waals surface area contributed by atoms with Crippen LogP contribution in [0.4, 0.5) is 0 Å². The van der Waals surface area contributed by atoms with E-state index in [0.717, 1.165) is 28.9 Å². The molecule has 1 unspecified atom stereocenters. The summed E-state index contributed by atoms with van der Waals surface area (Å²) >= 11 is 5.89. The normalized spacial score (nSPS) is 18.4. The van der Waals surface area contributed by atoms with Crippen LogP contribution < -0.4 is 10.1 Å². The van der Waals surface area contributed by atoms with Crippen LogP contribution >= 0.6 is 11.6 Å². The molecule has 24 heavy (non-hydrogen) atoms. The first-order chi connectivity index (χ1) is 11.3. The number of amides is 1. The molecule has 0 saturated heterocycles. The maximum atomic E-state index is 12.5. The molecule has 1 N–H and O–H groups in total. The van der Waals surface area contributed by atoms with Crippen molar-refractivity contribution in [2.24, 2.45) is 0 Å². The molecule has 4 heteroatoms. The molecule has 2 aromatic carbocycles. The minimum atomic E-state index is -0.307. The van der Waals surface area contributed by atoms with Crippen LogP contribution in [0.3, 0.4) is 0 Å². The van der Waals surface area contributed by atoms with Gasteiger partial charge in [-0.3, -0.25) is 4.79 Å². The molecule has 0 fully saturated rings. The smallest absolute Gasteiger partial charge is 0.224 e. The number of hydrogen-bond acceptors (Lipinski definition) is 2. The average molecular weight is 344 g/mol. The molecular weight excluding hydrogens is 322 g/mol. The SMILES string of the molecule is Cc1ccc2c(c1)OC(C)(C)CC2NC(=O)Cc1ccc(Cl)cc1. The molecule has 1 aliphatic rings. The molecular formula is C20H22ClNO2. The number of halogens is 1. The van der Waals surface area contributed by atoms with Crippen molar-refractivity contribution < 1.29 is 9.53 Å². The fourth-order valence-electron chi connectivity index (χ4n) is 3.12. The molecule has 0 aromatic heterocycles. The number of ether oxygens (including phenoxy) is 1. The maximum absolute atomic E-state index is 12.5. The Labute approximate surface area is 148 Å². The first kappa shape index (κ1) is 16.8. The Morgan fingerprint density at radius 2 is 1.96 bits per heavy atom. The molecule has 1 heterocycles. The van der Waals surface area contributed by atoms with Crippen molar-refractivity contribution in [2.45, 2.75) is 45.3 Å². The third-order valence-electron chi connectivity index (χ3n) is 4.24. The molecule has 1 aliphatic heterocycles. The predicted molar refractivity (Wildman–Crippen MR) is 96.5 cm³/mol. The van der Waals surface area contributed by atoms with Gasteiger partial charge in [-0.05, 0) is 50.1 Å². The topological polar surface area (TPSA) is 38.3 Å². The Hall–Kier alpha value is -2.00. The molecule has 1 atom stereocenters. The summed E-state index contributed by atoms with van der Waals surface area (Å²) in [4.78, 5) is 12.5. The van der Waals surface area contributed by atoms with E-state index in [4.69, 9.17) is 16.3 Å². The van der Waals surface area contributed by atoms with Gasteiger partial charge in [0.15, 0.2) is 0 Å². The Kier molecular flexibility index (Phi) is 4.55. The van der Waals surface area contributed by atoms with Gasteiger partial charge in [0.25, 0.3) is 0 Å². The van der Waals surface area contributed by atoms with Crippen molar-refractivity contribution >= 4 is 17.5 Å². The summed E-state index contributed by atoms with van der Waals surface area (Å²) in [5, 5.41) is 3.84. The lowest BCUT2D eigenvalue weighted by Gasteiger charge is -2.38. The van der Waals surface area contributed by atoms with Gasteiger partial charge in [-0.2, -0.15) is 0 Å². The van der Waals surface area contributed by atoms with E-state index < -0.39 is 0 Å². The predicted octanol–water partition coefficient (Wildman–Crippen LogP) is 4.61. The number of benzene rings is 2. The summed E-state index contributed by atoms with van der Waals surface area (Å²) < 4.78 is 6.08. The van der Waals surface area contributed by atoms with E-state index in [1.165, 1.54) is 0 Å². The highest BCUT2D eigenvalue weighted by atomic mass is 35.5. The van der Waals surface area contributed by atoms with Crippen LogP contribution in [0.1, 0.15) is 43.0 Å². The highest BCUT2D eigenvalue weighted by molar-refractivity contribution is 6.30. The third kappa shape index (κ3) is 3.90. The van der Waals surface area contributed by atoms with Crippen LogP contribution in [-0.4, -0.2) is 11.5 Å². The molecule has 2 aromatic rings. The Morgan fingerprint density at radius 3 is 2.67 bits per heavy atom. The molecule has 0 saturated carbocycles. The number of nitrogens with one attached hydrogen (secondary N) is 1. The van der Waals surface area contributed by atoms with E-state index in [-0.39, 0.29) is 17.6 Å². The fraction of sp³-hybridized carbons (Fsp3) is 0.350. The van der Waals surface area contributed by atoms with Crippen molar-refractivity contribution in [3.63, 3.8) is 0 Å². The number of aryl methyl sites for hydroxylation is 1. The van der Waals surface area contributed by atoms with Gasteiger partial charge in [0.2, 0.25) is 5.91 Å². The Bertz CT molecular complexity index is 753. The third-order valence-corrected chi connectivity index (χ3v) is 4.49. The largest absolute Gasteiger partial charge is 0.487 e. The van der Waals surface area contributed by atoms with Crippen LogP contribution in [-0.2, 0) is 11.2 Å². The zero-order valence-electron chi connectivity index (χ0n) is 14.2. The van der Waals surface area contributed by atoms with Crippen molar-refractivity contribution in [3.8, 4) is 5.75 Å². The quantitative estimate of drug-likeness (QED) is 0.883. The second-order valence-corrected chi connectivity index (χ2v) is 7.47.